The molecular formula is C5H5LaNO. The Labute approximate surface area is 74.9 Å². The Kier molecular flexibility index (Phi) is 4.14. The smallest absolute Gasteiger partial charge is 0.247 e. The van der Waals surface area contributed by atoms with Crippen molar-refractivity contribution in [3.8, 4) is 0 Å². The molecule has 2 nitrogen and oxygen atoms in total. The predicted octanol–water partition coefficient (Wildman–Crippen LogP) is 0.375. The zero-order valence-electron chi connectivity index (χ0n) is 4.29. The molecule has 0 bridgehead atoms. The maximum Gasteiger partial charge on any atom is 0.247 e. The number of rotatable bonds is 0. The number of hydrogen-bond donors (Lipinski definition) is 1. The molecule has 0 atom stereocenters. The predicted molar refractivity (Wildman–Crippen MR) is 27.1 cm³/mol. The molecule has 0 aliphatic carbocycles. The molecule has 0 saturated heterocycles. The fourth-order valence-corrected chi connectivity index (χ4v) is 0.377. The molecular weight excluding hydrogens is 229 g/mol. The van der Waals surface area contributed by atoms with E-state index in [9.17, 15) is 4.79 Å². The Bertz CT molecular complexity index is 178. The Hall–Kier alpha value is 0.145. The molecule has 0 unspecified atom stereocenters. The van der Waals surface area contributed by atoms with Gasteiger partial charge in [0.1, 0.15) is 0 Å². The second-order valence-corrected chi connectivity index (χ2v) is 1.23. The van der Waals surface area contributed by atoms with Crippen molar-refractivity contribution in [1.82, 2.24) is 4.98 Å². The summed E-state index contributed by atoms with van der Waals surface area (Å²) in [4.78, 5) is 12.7. The molecule has 1 radical (unpaired) electrons. The van der Waals surface area contributed by atoms with Gasteiger partial charge in [-0.1, -0.05) is 6.07 Å². The summed E-state index contributed by atoms with van der Waals surface area (Å²) >= 11 is 0. The molecule has 0 spiro atoms. The van der Waals surface area contributed by atoms with Crippen LogP contribution >= 0.6 is 0 Å². The number of pyridine rings is 1. The Balaban J connectivity index is 0.000000490. The molecule has 0 aromatic carbocycles. The summed E-state index contributed by atoms with van der Waals surface area (Å²) in [5.41, 5.74) is -0.0532. The molecule has 8 heavy (non-hydrogen) atoms. The second-order valence-electron chi connectivity index (χ2n) is 1.23. The first-order valence-corrected chi connectivity index (χ1v) is 2.03. The standard InChI is InChI=1S/C5H5NO.La/c7-5-3-1-2-4-6-5;/h1-4H,(H,6,7);. The fourth-order valence-electron chi connectivity index (χ4n) is 0.377. The zero-order chi connectivity index (χ0) is 5.11. The van der Waals surface area contributed by atoms with E-state index in [-0.39, 0.29) is 41.2 Å². The van der Waals surface area contributed by atoms with Crippen molar-refractivity contribution in [3.05, 3.63) is 34.7 Å². The second kappa shape index (κ2) is 4.07. The van der Waals surface area contributed by atoms with Gasteiger partial charge in [0.25, 0.3) is 0 Å². The van der Waals surface area contributed by atoms with Gasteiger partial charge in [-0.15, -0.1) is 0 Å². The van der Waals surface area contributed by atoms with E-state index < -0.39 is 0 Å². The van der Waals surface area contributed by atoms with Gasteiger partial charge in [0.05, 0.1) is 0 Å². The van der Waals surface area contributed by atoms with E-state index in [0.29, 0.717) is 0 Å². The summed E-state index contributed by atoms with van der Waals surface area (Å²) < 4.78 is 0. The monoisotopic (exact) mass is 234 g/mol. The van der Waals surface area contributed by atoms with E-state index in [1.54, 1.807) is 18.3 Å². The molecule has 39 valence electrons. The topological polar surface area (TPSA) is 32.9 Å². The van der Waals surface area contributed by atoms with E-state index in [1.165, 1.54) is 6.07 Å². The van der Waals surface area contributed by atoms with Crippen LogP contribution in [0.1, 0.15) is 0 Å². The molecule has 1 N–H and O–H groups in total. The molecule has 1 aromatic rings. The molecule has 1 aromatic heterocycles. The number of H-pyrrole nitrogens is 1. The molecule has 0 amide bonds. The van der Waals surface area contributed by atoms with Crippen LogP contribution in [-0.2, 0) is 0 Å². The van der Waals surface area contributed by atoms with E-state index in [1.807, 2.05) is 0 Å². The normalized spacial score (nSPS) is 7.50. The van der Waals surface area contributed by atoms with Gasteiger partial charge in [-0.3, -0.25) is 4.79 Å². The molecule has 1 heterocycles. The Morgan fingerprint density at radius 2 is 2.12 bits per heavy atom. The third kappa shape index (κ3) is 2.45. The van der Waals surface area contributed by atoms with Crippen LogP contribution < -0.4 is 5.56 Å². The van der Waals surface area contributed by atoms with Crippen molar-refractivity contribution >= 4 is 0 Å². The minimum atomic E-state index is -0.0532. The summed E-state index contributed by atoms with van der Waals surface area (Å²) in [6, 6.07) is 4.93. The van der Waals surface area contributed by atoms with Crippen LogP contribution in [0.2, 0.25) is 0 Å². The average molecular weight is 234 g/mol. The number of aromatic nitrogens is 1. The Morgan fingerprint density at radius 1 is 1.38 bits per heavy atom. The van der Waals surface area contributed by atoms with Gasteiger partial charge < -0.3 is 4.98 Å². The summed E-state index contributed by atoms with van der Waals surface area (Å²) in [5.74, 6) is 0. The van der Waals surface area contributed by atoms with Gasteiger partial charge in [0, 0.05) is 47.9 Å². The van der Waals surface area contributed by atoms with Gasteiger partial charge in [-0.05, 0) is 6.07 Å². The SMILES string of the molecule is O=c1cccc[nH]1.[La]. The maximum atomic E-state index is 10.2. The van der Waals surface area contributed by atoms with Gasteiger partial charge in [-0.2, -0.15) is 0 Å². The first-order chi connectivity index (χ1) is 3.39. The van der Waals surface area contributed by atoms with Crippen LogP contribution in [0.3, 0.4) is 0 Å². The number of nitrogens with one attached hydrogen (secondary N) is 1. The molecule has 0 fully saturated rings. The average Bonchev–Trinajstić information content (AvgIpc) is 1.69. The maximum absolute atomic E-state index is 10.2. The van der Waals surface area contributed by atoms with Crippen LogP contribution in [0, 0.1) is 35.6 Å². The number of aromatic amines is 1. The molecule has 1 rings (SSSR count). The van der Waals surface area contributed by atoms with Crippen LogP contribution in [0.5, 0.6) is 0 Å². The van der Waals surface area contributed by atoms with Gasteiger partial charge in [0.2, 0.25) is 5.56 Å². The Morgan fingerprint density at radius 3 is 2.38 bits per heavy atom. The van der Waals surface area contributed by atoms with Crippen molar-refractivity contribution in [3.63, 3.8) is 0 Å². The van der Waals surface area contributed by atoms with Crippen LogP contribution in [0.15, 0.2) is 29.2 Å². The van der Waals surface area contributed by atoms with E-state index >= 15 is 0 Å². The van der Waals surface area contributed by atoms with E-state index in [4.69, 9.17) is 0 Å². The molecule has 3 heteroatoms. The third-order valence-electron chi connectivity index (χ3n) is 0.681. The zero-order valence-corrected chi connectivity index (χ0v) is 7.92. The quantitative estimate of drug-likeness (QED) is 0.691. The van der Waals surface area contributed by atoms with Gasteiger partial charge >= 0.3 is 0 Å². The summed E-state index contributed by atoms with van der Waals surface area (Å²) in [6.45, 7) is 0. The van der Waals surface area contributed by atoms with Crippen molar-refractivity contribution in [2.75, 3.05) is 0 Å². The summed E-state index contributed by atoms with van der Waals surface area (Å²) in [5, 5.41) is 0. The summed E-state index contributed by atoms with van der Waals surface area (Å²) in [7, 11) is 0. The number of hydrogen-bond acceptors (Lipinski definition) is 1. The first-order valence-electron chi connectivity index (χ1n) is 2.03. The van der Waals surface area contributed by atoms with E-state index in [2.05, 4.69) is 4.98 Å². The van der Waals surface area contributed by atoms with Gasteiger partial charge in [0.15, 0.2) is 0 Å². The molecule has 0 saturated carbocycles. The largest absolute Gasteiger partial charge is 0.329 e. The van der Waals surface area contributed by atoms with Crippen LogP contribution in [0.25, 0.3) is 0 Å². The fraction of sp³-hybridized carbons (Fsp3) is 0. The van der Waals surface area contributed by atoms with Crippen molar-refractivity contribution in [1.29, 1.82) is 0 Å². The molecule has 0 aliphatic rings. The minimum Gasteiger partial charge on any atom is -0.329 e. The van der Waals surface area contributed by atoms with Crippen molar-refractivity contribution in [2.45, 2.75) is 0 Å². The van der Waals surface area contributed by atoms with Gasteiger partial charge in [-0.25, -0.2) is 0 Å². The third-order valence-corrected chi connectivity index (χ3v) is 0.681. The van der Waals surface area contributed by atoms with Crippen molar-refractivity contribution in [2.24, 2.45) is 0 Å². The summed E-state index contributed by atoms with van der Waals surface area (Å²) in [6.07, 6.45) is 1.60. The van der Waals surface area contributed by atoms with Crippen LogP contribution in [-0.4, -0.2) is 4.98 Å². The minimum absolute atomic E-state index is 0. The molecule has 0 aliphatic heterocycles. The van der Waals surface area contributed by atoms with Crippen LogP contribution in [0.4, 0.5) is 0 Å². The van der Waals surface area contributed by atoms with Crippen molar-refractivity contribution < 1.29 is 35.6 Å². The first kappa shape index (κ1) is 8.14. The van der Waals surface area contributed by atoms with E-state index in [0.717, 1.165) is 0 Å².